The highest BCUT2D eigenvalue weighted by Crippen LogP contribution is 2.47. The van der Waals surface area contributed by atoms with Crippen LogP contribution in [0.3, 0.4) is 0 Å². The largest absolute Gasteiger partial charge is 0.497 e. The van der Waals surface area contributed by atoms with Gasteiger partial charge in [-0.25, -0.2) is 4.72 Å². The Morgan fingerprint density at radius 1 is 1.02 bits per heavy atom. The van der Waals surface area contributed by atoms with Crippen LogP contribution in [-0.2, 0) is 26.3 Å². The van der Waals surface area contributed by atoms with Crippen molar-refractivity contribution in [1.29, 1.82) is 0 Å². The van der Waals surface area contributed by atoms with Crippen LogP contribution in [0.5, 0.6) is 5.75 Å². The molecule has 3 aromatic rings. The van der Waals surface area contributed by atoms with Crippen LogP contribution in [0.1, 0.15) is 59.5 Å². The number of fused-ring (bicyclic) bond motifs is 5. The molecule has 1 aromatic heterocycles. The highest BCUT2D eigenvalue weighted by Gasteiger charge is 2.31. The second-order valence-corrected chi connectivity index (χ2v) is 13.0. The Labute approximate surface area is 251 Å². The van der Waals surface area contributed by atoms with Gasteiger partial charge < -0.3 is 19.9 Å². The van der Waals surface area contributed by atoms with E-state index in [-0.39, 0.29) is 30.5 Å². The third-order valence-electron chi connectivity index (χ3n) is 8.23. The molecular formula is C31H37N5O6S. The zero-order valence-electron chi connectivity index (χ0n) is 24.8. The predicted octanol–water partition coefficient (Wildman–Crippen LogP) is 3.16. The van der Waals surface area contributed by atoms with E-state index < -0.39 is 22.0 Å². The number of methoxy groups -OCH3 is 1. The first-order valence-corrected chi connectivity index (χ1v) is 15.8. The minimum Gasteiger partial charge on any atom is -0.497 e. The van der Waals surface area contributed by atoms with Crippen molar-refractivity contribution < 1.29 is 27.5 Å². The van der Waals surface area contributed by atoms with Gasteiger partial charge >= 0.3 is 10.2 Å². The second-order valence-electron chi connectivity index (χ2n) is 11.1. The molecule has 0 radical (unpaired) electrons. The van der Waals surface area contributed by atoms with Crippen LogP contribution in [0.25, 0.3) is 28.2 Å². The van der Waals surface area contributed by atoms with Crippen LogP contribution < -0.4 is 20.1 Å². The van der Waals surface area contributed by atoms with Crippen molar-refractivity contribution >= 4 is 44.9 Å². The van der Waals surface area contributed by atoms with Crippen LogP contribution in [-0.4, -0.2) is 69.8 Å². The van der Waals surface area contributed by atoms with Crippen LogP contribution in [0.15, 0.2) is 42.0 Å². The van der Waals surface area contributed by atoms with Gasteiger partial charge in [0.05, 0.1) is 25.9 Å². The minimum absolute atomic E-state index is 0.172. The molecule has 2 aromatic carbocycles. The molecule has 3 N–H and O–H groups in total. The van der Waals surface area contributed by atoms with Gasteiger partial charge in [0, 0.05) is 48.7 Å². The zero-order valence-corrected chi connectivity index (χ0v) is 25.6. The Kier molecular flexibility index (Phi) is 8.61. The summed E-state index contributed by atoms with van der Waals surface area (Å²) in [7, 11) is 1.79. The van der Waals surface area contributed by atoms with Crippen LogP contribution in [0, 0.1) is 0 Å². The summed E-state index contributed by atoms with van der Waals surface area (Å²) in [6.45, 7) is 0.00507. The molecule has 0 unspecified atom stereocenters. The van der Waals surface area contributed by atoms with Gasteiger partial charge in [-0.3, -0.25) is 14.4 Å². The predicted molar refractivity (Wildman–Crippen MR) is 165 cm³/mol. The van der Waals surface area contributed by atoms with Crippen molar-refractivity contribution in [3.05, 3.63) is 58.7 Å². The van der Waals surface area contributed by atoms with E-state index in [2.05, 4.69) is 15.4 Å². The fourth-order valence-electron chi connectivity index (χ4n) is 5.95. The lowest BCUT2D eigenvalue weighted by molar-refractivity contribution is -0.124. The van der Waals surface area contributed by atoms with Crippen molar-refractivity contribution in [2.45, 2.75) is 44.6 Å². The lowest BCUT2D eigenvalue weighted by Crippen LogP contribution is -2.39. The number of amides is 3. The summed E-state index contributed by atoms with van der Waals surface area (Å²) < 4.78 is 35.4. The highest BCUT2D eigenvalue weighted by atomic mass is 32.2. The number of carbonyl (C=O) groups excluding carboxylic acids is 3. The fourth-order valence-corrected chi connectivity index (χ4v) is 6.49. The Bertz CT molecular complexity index is 1730. The molecule has 1 fully saturated rings. The molecule has 0 saturated heterocycles. The van der Waals surface area contributed by atoms with Gasteiger partial charge in [-0.05, 0) is 66.3 Å². The molecule has 2 heterocycles. The smallest absolute Gasteiger partial charge is 0.303 e. The fraction of sp³-hybridized carbons (Fsp3) is 0.387. The topological polar surface area (TPSA) is 139 Å². The molecule has 1 aliphatic carbocycles. The third kappa shape index (κ3) is 6.02. The molecule has 0 atom stereocenters. The molecule has 228 valence electrons. The molecule has 11 nitrogen and oxygen atoms in total. The first kappa shape index (κ1) is 30.3. The van der Waals surface area contributed by atoms with Gasteiger partial charge in [-0.1, -0.05) is 25.3 Å². The molecule has 2 aliphatic rings. The van der Waals surface area contributed by atoms with E-state index in [4.69, 9.17) is 4.74 Å². The summed E-state index contributed by atoms with van der Waals surface area (Å²) in [5.74, 6) is -0.537. The normalized spacial score (nSPS) is 15.2. The van der Waals surface area contributed by atoms with Gasteiger partial charge in [0.15, 0.2) is 0 Å². The quantitative estimate of drug-likeness (QED) is 0.360. The number of ether oxygens (including phenoxy) is 1. The Balaban J connectivity index is 1.72. The highest BCUT2D eigenvalue weighted by molar-refractivity contribution is 7.87. The van der Waals surface area contributed by atoms with E-state index in [1.807, 2.05) is 34.9 Å². The monoisotopic (exact) mass is 607 g/mol. The first-order chi connectivity index (χ1) is 20.5. The van der Waals surface area contributed by atoms with E-state index in [0.29, 0.717) is 11.3 Å². The number of benzene rings is 2. The average Bonchev–Trinajstić information content (AvgIpc) is 3.21. The number of carbonyl (C=O) groups is 3. The Hall–Kier alpha value is -4.16. The number of nitrogens with zero attached hydrogens (tertiary/aromatic N) is 2. The molecule has 43 heavy (non-hydrogen) atoms. The van der Waals surface area contributed by atoms with E-state index in [0.717, 1.165) is 63.3 Å². The van der Waals surface area contributed by atoms with Gasteiger partial charge in [0.2, 0.25) is 11.8 Å². The van der Waals surface area contributed by atoms with Crippen LogP contribution in [0.4, 0.5) is 0 Å². The Morgan fingerprint density at radius 2 is 1.77 bits per heavy atom. The summed E-state index contributed by atoms with van der Waals surface area (Å²) in [6, 6.07) is 11.0. The average molecular weight is 608 g/mol. The third-order valence-corrected chi connectivity index (χ3v) is 9.64. The van der Waals surface area contributed by atoms with Gasteiger partial charge in [0.25, 0.3) is 5.91 Å². The van der Waals surface area contributed by atoms with Crippen molar-refractivity contribution in [3.63, 3.8) is 0 Å². The van der Waals surface area contributed by atoms with Crippen molar-refractivity contribution in [3.8, 4) is 17.0 Å². The molecule has 1 aliphatic heterocycles. The van der Waals surface area contributed by atoms with Gasteiger partial charge in [-0.2, -0.15) is 12.7 Å². The van der Waals surface area contributed by atoms with E-state index in [1.165, 1.54) is 27.6 Å². The molecule has 3 amide bonds. The Morgan fingerprint density at radius 3 is 2.44 bits per heavy atom. The van der Waals surface area contributed by atoms with Crippen molar-refractivity contribution in [1.82, 2.24) is 24.2 Å². The van der Waals surface area contributed by atoms with E-state index in [9.17, 15) is 22.8 Å². The standard InChI is InChI=1S/C31H37N5O6S/c1-32-27(37)17-33-30(38)22-14-21-15-23(42-4)11-13-24(21)29-28(19-8-6-5-7-9-19)25-12-10-20(16-26(25)36(29)18-22)31(39)34-43(40,41)35(2)3/h10-16,19H,5-9,17-18H2,1-4H3,(H,32,37)(H,33,38)(H,34,39). The van der Waals surface area contributed by atoms with Crippen LogP contribution >= 0.6 is 0 Å². The SMILES string of the molecule is CNC(=O)CNC(=O)C1=Cc2cc(OC)ccc2-c2c(C3CCCCC3)c3ccc(C(=O)NS(=O)(=O)N(C)C)cc3n2C1. The maximum atomic E-state index is 13.4. The number of hydrogen-bond donors (Lipinski definition) is 3. The van der Waals surface area contributed by atoms with Gasteiger partial charge in [-0.15, -0.1) is 0 Å². The molecule has 0 spiro atoms. The van der Waals surface area contributed by atoms with E-state index >= 15 is 0 Å². The lowest BCUT2D eigenvalue weighted by Gasteiger charge is -2.24. The van der Waals surface area contributed by atoms with Crippen molar-refractivity contribution in [2.75, 3.05) is 34.8 Å². The maximum absolute atomic E-state index is 13.4. The number of rotatable bonds is 8. The molecule has 12 heteroatoms. The molecule has 1 saturated carbocycles. The number of aromatic nitrogens is 1. The number of nitrogens with one attached hydrogen (secondary N) is 3. The van der Waals surface area contributed by atoms with E-state index in [1.54, 1.807) is 19.2 Å². The zero-order chi connectivity index (χ0) is 30.9. The summed E-state index contributed by atoms with van der Waals surface area (Å²) in [6.07, 6.45) is 7.27. The summed E-state index contributed by atoms with van der Waals surface area (Å²) in [5.41, 5.74) is 5.18. The maximum Gasteiger partial charge on any atom is 0.303 e. The first-order valence-electron chi connectivity index (χ1n) is 14.3. The summed E-state index contributed by atoms with van der Waals surface area (Å²) in [4.78, 5) is 38.5. The summed E-state index contributed by atoms with van der Waals surface area (Å²) in [5, 5.41) is 6.17. The minimum atomic E-state index is -4.00. The molecule has 5 rings (SSSR count). The van der Waals surface area contributed by atoms with Crippen LogP contribution in [0.2, 0.25) is 0 Å². The number of likely N-dealkylation sites (N-methyl/N-ethyl adjacent to an activating group) is 1. The lowest BCUT2D eigenvalue weighted by atomic mass is 9.81. The summed E-state index contributed by atoms with van der Waals surface area (Å²) >= 11 is 0. The second kappa shape index (κ2) is 12.2. The number of hydrogen-bond acceptors (Lipinski definition) is 6. The molecule has 0 bridgehead atoms. The van der Waals surface area contributed by atoms with Gasteiger partial charge in [0.1, 0.15) is 5.75 Å². The van der Waals surface area contributed by atoms with Crippen molar-refractivity contribution in [2.24, 2.45) is 0 Å². The molecular weight excluding hydrogens is 570 g/mol.